The van der Waals surface area contributed by atoms with E-state index in [1.807, 2.05) is 0 Å². The Balaban J connectivity index is 1.16. The van der Waals surface area contributed by atoms with Crippen LogP contribution < -0.4 is 10.6 Å². The fourth-order valence-electron chi connectivity index (χ4n) is 5.86. The van der Waals surface area contributed by atoms with E-state index >= 15 is 0 Å². The molecule has 0 aromatic heterocycles. The lowest BCUT2D eigenvalue weighted by atomic mass is 9.75. The van der Waals surface area contributed by atoms with E-state index in [0.29, 0.717) is 12.6 Å². The first-order valence-electron chi connectivity index (χ1n) is 12.2. The molecule has 1 unspecified atom stereocenters. The van der Waals surface area contributed by atoms with Gasteiger partial charge in [-0.2, -0.15) is 0 Å². The molecule has 4 aliphatic heterocycles. The summed E-state index contributed by atoms with van der Waals surface area (Å²) in [4.78, 5) is 5.48. The van der Waals surface area contributed by atoms with Crippen LogP contribution >= 0.6 is 12.2 Å². The van der Waals surface area contributed by atoms with Gasteiger partial charge in [0.05, 0.1) is 6.61 Å². The van der Waals surface area contributed by atoms with Gasteiger partial charge in [0.25, 0.3) is 0 Å². The number of methoxy groups -OCH3 is 1. The molecule has 1 aromatic rings. The van der Waals surface area contributed by atoms with E-state index < -0.39 is 0 Å². The van der Waals surface area contributed by atoms with Crippen molar-refractivity contribution in [3.05, 3.63) is 35.9 Å². The van der Waals surface area contributed by atoms with Gasteiger partial charge in [0.1, 0.15) is 0 Å². The third kappa shape index (κ3) is 6.64. The van der Waals surface area contributed by atoms with Gasteiger partial charge >= 0.3 is 0 Å². The Morgan fingerprint density at radius 2 is 1.90 bits per heavy atom. The maximum atomic E-state index is 5.40. The Hall–Kier alpha value is -1.21. The zero-order chi connectivity index (χ0) is 21.5. The van der Waals surface area contributed by atoms with Gasteiger partial charge in [0.15, 0.2) is 5.11 Å². The van der Waals surface area contributed by atoms with E-state index in [0.717, 1.165) is 36.0 Å². The van der Waals surface area contributed by atoms with Crippen molar-refractivity contribution in [1.29, 1.82) is 0 Å². The maximum Gasteiger partial charge on any atom is 0.166 e. The van der Waals surface area contributed by atoms with Crippen molar-refractivity contribution in [2.24, 2.45) is 17.8 Å². The van der Waals surface area contributed by atoms with E-state index in [4.69, 9.17) is 17.0 Å². The number of nitrogens with one attached hydrogen (secondary N) is 2. The Morgan fingerprint density at radius 3 is 2.61 bits per heavy atom. The number of likely N-dealkylation sites (tertiary alicyclic amines) is 1. The monoisotopic (exact) mass is 444 g/mol. The fraction of sp³-hybridized carbons (Fsp3) is 0.720. The molecule has 4 saturated heterocycles. The number of ether oxygens (including phenoxy) is 1. The number of rotatable bonds is 9. The molecule has 5 nitrogen and oxygen atoms in total. The molecule has 2 N–H and O–H groups in total. The summed E-state index contributed by atoms with van der Waals surface area (Å²) in [7, 11) is 1.72. The van der Waals surface area contributed by atoms with Gasteiger partial charge in [-0.3, -0.25) is 4.90 Å². The lowest BCUT2D eigenvalue weighted by molar-refractivity contribution is -0.0142. The highest BCUT2D eigenvalue weighted by molar-refractivity contribution is 7.80. The molecule has 4 fully saturated rings. The number of piperidine rings is 4. The Kier molecular flexibility index (Phi) is 8.59. The highest BCUT2D eigenvalue weighted by Gasteiger charge is 2.40. The number of benzene rings is 1. The van der Waals surface area contributed by atoms with E-state index in [1.165, 1.54) is 70.4 Å². The number of fused-ring (bicyclic) bond motifs is 3. The van der Waals surface area contributed by atoms with E-state index in [1.54, 1.807) is 7.11 Å². The molecule has 31 heavy (non-hydrogen) atoms. The molecule has 6 heteroatoms. The molecule has 0 amide bonds. The normalized spacial score (nSPS) is 29.1. The Morgan fingerprint density at radius 1 is 1.10 bits per heavy atom. The van der Waals surface area contributed by atoms with Crippen LogP contribution in [0, 0.1) is 17.8 Å². The summed E-state index contributed by atoms with van der Waals surface area (Å²) in [6.45, 7) is 8.82. The van der Waals surface area contributed by atoms with Crippen LogP contribution in [0.25, 0.3) is 0 Å². The minimum Gasteiger partial charge on any atom is -0.383 e. The summed E-state index contributed by atoms with van der Waals surface area (Å²) < 4.78 is 5.07. The molecule has 0 spiro atoms. The predicted octanol–water partition coefficient (Wildman–Crippen LogP) is 2.76. The molecule has 4 heterocycles. The van der Waals surface area contributed by atoms with Crippen LogP contribution in [0.5, 0.6) is 0 Å². The Bertz CT molecular complexity index is 679. The molecule has 0 aliphatic carbocycles. The van der Waals surface area contributed by atoms with Crippen molar-refractivity contribution in [2.45, 2.75) is 38.1 Å². The number of hydrogen-bond donors (Lipinski definition) is 2. The molecule has 5 rings (SSSR count). The average molecular weight is 445 g/mol. The van der Waals surface area contributed by atoms with Crippen LogP contribution in [0.1, 0.15) is 31.2 Å². The zero-order valence-electron chi connectivity index (χ0n) is 19.1. The second kappa shape index (κ2) is 11.6. The van der Waals surface area contributed by atoms with E-state index in [-0.39, 0.29) is 0 Å². The first kappa shape index (κ1) is 23.0. The lowest BCUT2D eigenvalue weighted by Gasteiger charge is -2.51. The summed E-state index contributed by atoms with van der Waals surface area (Å²) >= 11 is 5.40. The third-order valence-electron chi connectivity index (χ3n) is 7.67. The molecule has 0 saturated carbocycles. The highest BCUT2D eigenvalue weighted by Crippen LogP contribution is 2.37. The predicted molar refractivity (Wildman–Crippen MR) is 131 cm³/mol. The second-order valence-electron chi connectivity index (χ2n) is 9.76. The molecule has 4 atom stereocenters. The summed E-state index contributed by atoms with van der Waals surface area (Å²) in [6, 6.07) is 11.7. The molecular weight excluding hydrogens is 404 g/mol. The summed E-state index contributed by atoms with van der Waals surface area (Å²) in [5.74, 6) is 2.60. The first-order chi connectivity index (χ1) is 15.2. The number of hydrogen-bond acceptors (Lipinski definition) is 4. The van der Waals surface area contributed by atoms with Crippen LogP contribution in [0.3, 0.4) is 0 Å². The summed E-state index contributed by atoms with van der Waals surface area (Å²) in [6.07, 6.45) is 6.67. The average Bonchev–Trinajstić information content (AvgIpc) is 2.80. The van der Waals surface area contributed by atoms with Crippen LogP contribution in [-0.2, 0) is 11.2 Å². The van der Waals surface area contributed by atoms with Gasteiger partial charge in [-0.25, -0.2) is 0 Å². The zero-order valence-corrected chi connectivity index (χ0v) is 19.9. The minimum absolute atomic E-state index is 0.633. The summed E-state index contributed by atoms with van der Waals surface area (Å²) in [5.41, 5.74) is 1.51. The van der Waals surface area contributed by atoms with Crippen molar-refractivity contribution < 1.29 is 4.74 Å². The van der Waals surface area contributed by atoms with Gasteiger partial charge in [0.2, 0.25) is 0 Å². The van der Waals surface area contributed by atoms with Crippen molar-refractivity contribution in [1.82, 2.24) is 20.4 Å². The molecule has 172 valence electrons. The van der Waals surface area contributed by atoms with Crippen LogP contribution in [0.15, 0.2) is 30.3 Å². The number of thiocarbonyl (C=S) groups is 1. The van der Waals surface area contributed by atoms with Crippen molar-refractivity contribution in [3.8, 4) is 0 Å². The van der Waals surface area contributed by atoms with Gasteiger partial charge in [-0.1, -0.05) is 30.3 Å². The quantitative estimate of drug-likeness (QED) is 0.451. The number of nitrogens with zero attached hydrogens (tertiary/aromatic N) is 2. The fourth-order valence-corrected chi connectivity index (χ4v) is 6.05. The third-order valence-corrected chi connectivity index (χ3v) is 7.96. The topological polar surface area (TPSA) is 39.8 Å². The van der Waals surface area contributed by atoms with Gasteiger partial charge in [-0.05, 0) is 87.3 Å². The molecule has 0 radical (unpaired) electrons. The standard InChI is InChI=1S/C25H40N4OS/c1-30-14-10-26-25(31)27-17-24-16-22-9-13-29(24)19-23(22)18-28-11-7-21(8-12-28)15-20-5-3-2-4-6-20/h2-6,21-24H,7-19H2,1H3,(H2,26,27,31)/t22-,23-,24+/m0/s1. The minimum atomic E-state index is 0.633. The van der Waals surface area contributed by atoms with E-state index in [2.05, 4.69) is 50.8 Å². The van der Waals surface area contributed by atoms with Crippen molar-refractivity contribution >= 4 is 17.3 Å². The smallest absolute Gasteiger partial charge is 0.166 e. The molecular formula is C25H40N4OS. The van der Waals surface area contributed by atoms with Gasteiger partial charge in [-0.15, -0.1) is 0 Å². The summed E-state index contributed by atoms with van der Waals surface area (Å²) in [5, 5.41) is 7.41. The largest absolute Gasteiger partial charge is 0.383 e. The van der Waals surface area contributed by atoms with Gasteiger partial charge < -0.3 is 20.3 Å². The van der Waals surface area contributed by atoms with Crippen LogP contribution in [0.4, 0.5) is 0 Å². The van der Waals surface area contributed by atoms with Crippen LogP contribution in [0.2, 0.25) is 0 Å². The first-order valence-corrected chi connectivity index (χ1v) is 12.6. The van der Waals surface area contributed by atoms with E-state index in [9.17, 15) is 0 Å². The molecule has 1 aromatic carbocycles. The lowest BCUT2D eigenvalue weighted by Crippen LogP contribution is -2.59. The van der Waals surface area contributed by atoms with Gasteiger partial charge in [0, 0.05) is 39.3 Å². The second-order valence-corrected chi connectivity index (χ2v) is 10.2. The maximum absolute atomic E-state index is 5.40. The highest BCUT2D eigenvalue weighted by atomic mass is 32.1. The molecule has 4 aliphatic rings. The van der Waals surface area contributed by atoms with Crippen molar-refractivity contribution in [2.75, 3.05) is 59.5 Å². The molecule has 2 bridgehead atoms. The SMILES string of the molecule is COCCNC(=S)NC[C@H]1C[C@@H]2CCN1C[C@@H]2CN1CCC(Cc2ccccc2)CC1. The Labute approximate surface area is 193 Å². The van der Waals surface area contributed by atoms with Crippen LogP contribution in [-0.4, -0.2) is 80.5 Å². The van der Waals surface area contributed by atoms with Crippen molar-refractivity contribution in [3.63, 3.8) is 0 Å².